The Morgan fingerprint density at radius 3 is 0.500 bits per heavy atom. The molecule has 0 aromatic carbocycles. The zero-order valence-corrected chi connectivity index (χ0v) is 17.8. The fourth-order valence-electron chi connectivity index (χ4n) is 0. The molecule has 0 fully saturated rings. The smallest absolute Gasteiger partial charge is 2.00 e. The Hall–Kier alpha value is 3.07. The molecule has 16 radical (unpaired) electrons. The summed E-state index contributed by atoms with van der Waals surface area (Å²) in [6.45, 7) is 0. The van der Waals surface area contributed by atoms with Gasteiger partial charge in [-0.1, -0.05) is 0 Å². The fourth-order valence-corrected chi connectivity index (χ4v) is 0. The molecular formula is O8Sb2Se4+2. The van der Waals surface area contributed by atoms with E-state index in [2.05, 4.69) is 0 Å². The largest absolute Gasteiger partial charge is 2.00 e. The van der Waals surface area contributed by atoms with Crippen LogP contribution in [0.3, 0.4) is 0 Å². The van der Waals surface area contributed by atoms with Gasteiger partial charge in [0.2, 0.25) is 0 Å². The van der Waals surface area contributed by atoms with E-state index in [9.17, 15) is 0 Å². The molecule has 0 rings (SSSR count). The molecule has 14 heavy (non-hydrogen) atoms. The number of rotatable bonds is 0. The maximum atomic E-state index is 8.64. The van der Waals surface area contributed by atoms with Crippen LogP contribution in [0.5, 0.6) is 0 Å². The van der Waals surface area contributed by atoms with Gasteiger partial charge < -0.3 is 0 Å². The van der Waals surface area contributed by atoms with Crippen LogP contribution in [0.2, 0.25) is 0 Å². The average Bonchev–Trinajstić information content (AvgIpc) is 1.12. The number of hydrogen-bond acceptors (Lipinski definition) is 8. The molecule has 0 atom stereocenters. The van der Waals surface area contributed by atoms with E-state index < -0.39 is 40.1 Å². The molecule has 0 aliphatic carbocycles. The minimum Gasteiger partial charge on any atom is 2.00 e. The van der Waals surface area contributed by atoms with Gasteiger partial charge in [-0.05, 0) is 0 Å². The molecule has 0 aromatic heterocycles. The minimum atomic E-state index is -6.10. The molecule has 0 spiro atoms. The van der Waals surface area contributed by atoms with Crippen LogP contribution in [0.1, 0.15) is 0 Å². The molecule has 0 aliphatic heterocycles. The first-order valence-electron chi connectivity index (χ1n) is 1.46. The first-order chi connectivity index (χ1) is 4.00. The van der Waals surface area contributed by atoms with Crippen molar-refractivity contribution >= 4 is 108 Å². The Labute approximate surface area is 133 Å². The van der Waals surface area contributed by atoms with Gasteiger partial charge in [-0.25, -0.2) is 0 Å². The molecule has 0 saturated carbocycles. The second-order valence-corrected chi connectivity index (χ2v) is 6.00. The van der Waals surface area contributed by atoms with Gasteiger partial charge in [0.25, 0.3) is 0 Å². The standard InChI is InChI=1S/8O.2Sb.4Se/q;;6*-1;;;4*+2. The van der Waals surface area contributed by atoms with E-state index in [-0.39, 0.29) is 68.3 Å². The van der Waals surface area contributed by atoms with Crippen molar-refractivity contribution in [3.05, 3.63) is 0 Å². The van der Waals surface area contributed by atoms with Crippen molar-refractivity contribution in [1.82, 2.24) is 0 Å². The predicted molar refractivity (Wildman–Crippen MR) is 35.9 cm³/mol. The van der Waals surface area contributed by atoms with Crippen molar-refractivity contribution < 1.29 is 26.3 Å². The molecule has 80 valence electrons. The topological polar surface area (TPSA) is 172 Å². The summed E-state index contributed by atoms with van der Waals surface area (Å²) in [4.78, 5) is 0. The van der Waals surface area contributed by atoms with E-state index in [4.69, 9.17) is 26.3 Å². The molecule has 0 amide bonds. The van der Waals surface area contributed by atoms with Gasteiger partial charge in [0.15, 0.2) is 0 Å². The van der Waals surface area contributed by atoms with E-state index in [0.717, 1.165) is 0 Å². The maximum absolute atomic E-state index is 8.64. The molecule has 0 saturated heterocycles. The van der Waals surface area contributed by atoms with Gasteiger partial charge in [0.05, 0.1) is 0 Å². The van der Waals surface area contributed by atoms with Crippen LogP contribution >= 0.6 is 0 Å². The first kappa shape index (κ1) is 36.0. The SMILES string of the molecule is [O]=[Sb]([O-])([O-])[O-].[O]=[Sb]([O-])([O-])[O-].[Se+2].[Se+2].[Se+2].[Se+2]. The molecule has 0 aromatic rings. The van der Waals surface area contributed by atoms with E-state index in [0.29, 0.717) is 0 Å². The van der Waals surface area contributed by atoms with Crippen LogP contribution in [0, 0.1) is 0 Å². The molecule has 8 nitrogen and oxygen atoms in total. The van der Waals surface area contributed by atoms with Crippen LogP contribution in [0.4, 0.5) is 0 Å². The third-order valence-electron chi connectivity index (χ3n) is 0. The van der Waals surface area contributed by atoms with E-state index >= 15 is 0 Å². The summed E-state index contributed by atoms with van der Waals surface area (Å²) in [7, 11) is 0. The molecule has 0 N–H and O–H groups in total. The fraction of sp³-hybridized carbons (Fsp3) is 0. The Bertz CT molecular complexity index is 132. The monoisotopic (exact) mass is 689 g/mol. The zero-order valence-electron chi connectivity index (χ0n) is 5.79. The van der Waals surface area contributed by atoms with E-state index in [1.807, 2.05) is 0 Å². The van der Waals surface area contributed by atoms with Crippen molar-refractivity contribution in [2.24, 2.45) is 0 Å². The Kier molecular flexibility index (Phi) is 41.3. The number of hydrogen-bond donors (Lipinski definition) is 0. The predicted octanol–water partition coefficient (Wildman–Crippen LogP) is -9.66. The van der Waals surface area contributed by atoms with Gasteiger partial charge in [-0.2, -0.15) is 0 Å². The van der Waals surface area contributed by atoms with E-state index in [1.54, 1.807) is 0 Å². The summed E-state index contributed by atoms with van der Waals surface area (Å²) < 4.78 is 69.1. The van der Waals surface area contributed by atoms with Gasteiger partial charge >= 0.3 is 135 Å². The van der Waals surface area contributed by atoms with Gasteiger partial charge in [-0.3, -0.25) is 0 Å². The van der Waals surface area contributed by atoms with E-state index in [1.165, 1.54) is 0 Å². The normalized spacial score (nSPS) is 8.43. The molecule has 0 bridgehead atoms. The summed E-state index contributed by atoms with van der Waals surface area (Å²) in [6.07, 6.45) is 0. The Morgan fingerprint density at radius 1 is 0.500 bits per heavy atom. The average molecular weight is 687 g/mol. The third kappa shape index (κ3) is 316. The van der Waals surface area contributed by atoms with Crippen molar-refractivity contribution in [2.75, 3.05) is 0 Å². The summed E-state index contributed by atoms with van der Waals surface area (Å²) in [5.74, 6) is 0. The Balaban J connectivity index is -0.0000000178. The first-order valence-corrected chi connectivity index (χ1v) is 9.80. The van der Waals surface area contributed by atoms with Crippen LogP contribution in [0.15, 0.2) is 0 Å². The quantitative estimate of drug-likeness (QED) is 0.226. The minimum absolute atomic E-state index is 0. The summed E-state index contributed by atoms with van der Waals surface area (Å²) in [5, 5.41) is 0. The van der Waals surface area contributed by atoms with Gasteiger partial charge in [0, 0.05) is 0 Å². The van der Waals surface area contributed by atoms with Gasteiger partial charge in [0.1, 0.15) is 0 Å². The van der Waals surface area contributed by atoms with Crippen molar-refractivity contribution in [1.29, 1.82) is 0 Å². The summed E-state index contributed by atoms with van der Waals surface area (Å²) in [5.41, 5.74) is 0. The second-order valence-electron chi connectivity index (χ2n) is 0.894. The zero-order chi connectivity index (χ0) is 9.00. The van der Waals surface area contributed by atoms with Crippen molar-refractivity contribution in [3.8, 4) is 0 Å². The summed E-state index contributed by atoms with van der Waals surface area (Å²) in [6, 6.07) is 0. The van der Waals surface area contributed by atoms with Crippen molar-refractivity contribution in [3.63, 3.8) is 0 Å². The van der Waals surface area contributed by atoms with Crippen molar-refractivity contribution in [2.45, 2.75) is 0 Å². The van der Waals surface area contributed by atoms with Crippen LogP contribution in [0.25, 0.3) is 0 Å². The molecule has 14 heteroatoms. The Morgan fingerprint density at radius 2 is 0.500 bits per heavy atom. The molecule has 0 heterocycles. The molecule has 0 unspecified atom stereocenters. The second kappa shape index (κ2) is 16.1. The summed E-state index contributed by atoms with van der Waals surface area (Å²) >= 11 is -12.2. The maximum Gasteiger partial charge on any atom is 2.00 e. The van der Waals surface area contributed by atoms with Crippen LogP contribution in [-0.4, -0.2) is 108 Å². The van der Waals surface area contributed by atoms with Crippen LogP contribution < -0.4 is 20.3 Å². The third-order valence-corrected chi connectivity index (χ3v) is 0. The van der Waals surface area contributed by atoms with Gasteiger partial charge in [-0.15, -0.1) is 0 Å². The molecular weight excluding hydrogens is 687 g/mol. The molecule has 0 aliphatic rings. The van der Waals surface area contributed by atoms with Crippen LogP contribution in [-0.2, 0) is 6.03 Å².